The number of hydrogen-bond acceptors (Lipinski definition) is 2. The van der Waals surface area contributed by atoms with Crippen LogP contribution in [0.25, 0.3) is 0 Å². The summed E-state index contributed by atoms with van der Waals surface area (Å²) in [6, 6.07) is 0.445. The molecule has 0 aromatic carbocycles. The fraction of sp³-hybridized carbons (Fsp3) is 0.867. The van der Waals surface area contributed by atoms with Crippen molar-refractivity contribution in [3.05, 3.63) is 11.6 Å². The molecule has 2 heteroatoms. The van der Waals surface area contributed by atoms with E-state index in [1.54, 1.807) is 5.57 Å². The highest BCUT2D eigenvalue weighted by atomic mass is 16.5. The molecule has 2 unspecified atom stereocenters. The van der Waals surface area contributed by atoms with Gasteiger partial charge < -0.3 is 10.1 Å². The number of rotatable bonds is 8. The van der Waals surface area contributed by atoms with Gasteiger partial charge in [-0.25, -0.2) is 0 Å². The van der Waals surface area contributed by atoms with Crippen LogP contribution in [0.15, 0.2) is 11.6 Å². The Morgan fingerprint density at radius 1 is 1.29 bits per heavy atom. The molecule has 2 nitrogen and oxygen atoms in total. The molecule has 0 spiro atoms. The molecule has 0 heterocycles. The molecule has 0 aromatic heterocycles. The molecule has 17 heavy (non-hydrogen) atoms. The van der Waals surface area contributed by atoms with E-state index in [1.165, 1.54) is 38.5 Å². The lowest BCUT2D eigenvalue weighted by Gasteiger charge is -2.31. The summed E-state index contributed by atoms with van der Waals surface area (Å²) in [6.07, 6.45) is 11.5. The summed E-state index contributed by atoms with van der Waals surface area (Å²) in [4.78, 5) is 0. The average molecular weight is 239 g/mol. The van der Waals surface area contributed by atoms with Crippen molar-refractivity contribution in [3.63, 3.8) is 0 Å². The molecule has 0 aliphatic heterocycles. The molecule has 0 fully saturated rings. The van der Waals surface area contributed by atoms with Gasteiger partial charge in [0.1, 0.15) is 0 Å². The Morgan fingerprint density at radius 3 is 2.65 bits per heavy atom. The molecule has 100 valence electrons. The number of allylic oxidation sites excluding steroid dienone is 1. The lowest BCUT2D eigenvalue weighted by Crippen LogP contribution is -2.43. The Kier molecular flexibility index (Phi) is 7.54. The molecule has 1 aliphatic carbocycles. The number of nitrogens with one attached hydrogen (secondary N) is 1. The van der Waals surface area contributed by atoms with Crippen molar-refractivity contribution >= 4 is 0 Å². The number of ether oxygens (including phenoxy) is 1. The Labute approximate surface area is 107 Å². The first-order valence-electron chi connectivity index (χ1n) is 7.28. The predicted molar refractivity (Wildman–Crippen MR) is 74.3 cm³/mol. The quantitative estimate of drug-likeness (QED) is 0.653. The zero-order valence-electron chi connectivity index (χ0n) is 11.8. The van der Waals surface area contributed by atoms with Crippen molar-refractivity contribution in [2.24, 2.45) is 0 Å². The van der Waals surface area contributed by atoms with Gasteiger partial charge in [0.15, 0.2) is 0 Å². The number of methoxy groups -OCH3 is 1. The van der Waals surface area contributed by atoms with Gasteiger partial charge in [0.05, 0.1) is 12.1 Å². The van der Waals surface area contributed by atoms with Crippen LogP contribution in [0.4, 0.5) is 0 Å². The van der Waals surface area contributed by atoms with Gasteiger partial charge in [-0.05, 0) is 45.1 Å². The van der Waals surface area contributed by atoms with E-state index in [0.29, 0.717) is 12.1 Å². The topological polar surface area (TPSA) is 21.3 Å². The number of hydrogen-bond donors (Lipinski definition) is 1. The van der Waals surface area contributed by atoms with E-state index >= 15 is 0 Å². The highest BCUT2D eigenvalue weighted by Crippen LogP contribution is 2.24. The van der Waals surface area contributed by atoms with Crippen molar-refractivity contribution in [1.29, 1.82) is 0 Å². The van der Waals surface area contributed by atoms with E-state index in [0.717, 1.165) is 13.0 Å². The third-order valence-corrected chi connectivity index (χ3v) is 3.59. The lowest BCUT2D eigenvalue weighted by molar-refractivity contribution is 0.0698. The Balaban J connectivity index is 2.65. The highest BCUT2D eigenvalue weighted by Gasteiger charge is 2.24. The third-order valence-electron chi connectivity index (χ3n) is 3.59. The lowest BCUT2D eigenvalue weighted by atomic mass is 9.89. The molecule has 1 N–H and O–H groups in total. The first kappa shape index (κ1) is 14.7. The Morgan fingerprint density at radius 2 is 2.12 bits per heavy atom. The van der Waals surface area contributed by atoms with E-state index in [1.807, 2.05) is 7.11 Å². The summed E-state index contributed by atoms with van der Waals surface area (Å²) in [7, 11) is 1.85. The summed E-state index contributed by atoms with van der Waals surface area (Å²) >= 11 is 0. The van der Waals surface area contributed by atoms with E-state index in [-0.39, 0.29) is 0 Å². The second-order valence-electron chi connectivity index (χ2n) is 5.02. The minimum atomic E-state index is 0.343. The highest BCUT2D eigenvalue weighted by molar-refractivity contribution is 5.15. The van der Waals surface area contributed by atoms with Crippen molar-refractivity contribution < 1.29 is 4.74 Å². The normalized spacial score (nSPS) is 19.8. The van der Waals surface area contributed by atoms with Crippen LogP contribution >= 0.6 is 0 Å². The van der Waals surface area contributed by atoms with Crippen molar-refractivity contribution in [3.8, 4) is 0 Å². The summed E-state index contributed by atoms with van der Waals surface area (Å²) in [6.45, 7) is 5.55. The first-order valence-corrected chi connectivity index (χ1v) is 7.28. The van der Waals surface area contributed by atoms with Crippen LogP contribution in [0.5, 0.6) is 0 Å². The van der Waals surface area contributed by atoms with E-state index in [9.17, 15) is 0 Å². The minimum absolute atomic E-state index is 0.343. The van der Waals surface area contributed by atoms with Crippen LogP contribution < -0.4 is 5.32 Å². The summed E-state index contributed by atoms with van der Waals surface area (Å²) in [5.74, 6) is 0. The standard InChI is InChI=1S/C15H29NO/c1-4-9-14(17-3)15(16-12-5-2)13-10-7-6-8-11-13/h10,14-16H,4-9,11-12H2,1-3H3. The summed E-state index contributed by atoms with van der Waals surface area (Å²) < 4.78 is 5.70. The molecule has 0 aromatic rings. The smallest absolute Gasteiger partial charge is 0.0762 e. The van der Waals surface area contributed by atoms with E-state index in [4.69, 9.17) is 4.74 Å². The van der Waals surface area contributed by atoms with Gasteiger partial charge in [-0.3, -0.25) is 0 Å². The zero-order chi connectivity index (χ0) is 12.5. The SMILES string of the molecule is CCCNC(C1=CCCCC1)C(CCC)OC. The average Bonchev–Trinajstić information content (AvgIpc) is 2.39. The molecule has 0 amide bonds. The monoisotopic (exact) mass is 239 g/mol. The summed E-state index contributed by atoms with van der Waals surface area (Å²) in [5, 5.41) is 3.68. The molecule has 1 aliphatic rings. The Bertz CT molecular complexity index is 225. The van der Waals surface area contributed by atoms with Gasteiger partial charge in [-0.15, -0.1) is 0 Å². The zero-order valence-corrected chi connectivity index (χ0v) is 11.8. The van der Waals surface area contributed by atoms with Crippen LogP contribution in [0, 0.1) is 0 Å². The molecule has 1 rings (SSSR count). The van der Waals surface area contributed by atoms with Crippen LogP contribution in [0.3, 0.4) is 0 Å². The maximum absolute atomic E-state index is 5.70. The molecule has 0 saturated heterocycles. The second kappa shape index (κ2) is 8.71. The maximum Gasteiger partial charge on any atom is 0.0762 e. The van der Waals surface area contributed by atoms with Crippen LogP contribution in [0.1, 0.15) is 58.8 Å². The van der Waals surface area contributed by atoms with E-state index < -0.39 is 0 Å². The largest absolute Gasteiger partial charge is 0.379 e. The molecule has 0 saturated carbocycles. The van der Waals surface area contributed by atoms with Gasteiger partial charge in [0.25, 0.3) is 0 Å². The summed E-state index contributed by atoms with van der Waals surface area (Å²) in [5.41, 5.74) is 1.59. The predicted octanol–water partition coefficient (Wildman–Crippen LogP) is 3.67. The van der Waals surface area contributed by atoms with Crippen molar-refractivity contribution in [1.82, 2.24) is 5.32 Å². The van der Waals surface area contributed by atoms with Crippen molar-refractivity contribution in [2.75, 3.05) is 13.7 Å². The minimum Gasteiger partial charge on any atom is -0.379 e. The van der Waals surface area contributed by atoms with E-state index in [2.05, 4.69) is 25.2 Å². The fourth-order valence-electron chi connectivity index (χ4n) is 2.65. The Hall–Kier alpha value is -0.340. The molecule has 0 radical (unpaired) electrons. The van der Waals surface area contributed by atoms with Gasteiger partial charge in [-0.1, -0.05) is 31.9 Å². The molecule has 2 atom stereocenters. The third kappa shape index (κ3) is 4.81. The fourth-order valence-corrected chi connectivity index (χ4v) is 2.65. The molecular formula is C15H29NO. The van der Waals surface area contributed by atoms with Crippen LogP contribution in [0.2, 0.25) is 0 Å². The maximum atomic E-state index is 5.70. The van der Waals surface area contributed by atoms with Gasteiger partial charge in [-0.2, -0.15) is 0 Å². The van der Waals surface area contributed by atoms with Crippen molar-refractivity contribution in [2.45, 2.75) is 70.9 Å². The van der Waals surface area contributed by atoms with Crippen LogP contribution in [-0.2, 0) is 4.74 Å². The van der Waals surface area contributed by atoms with Gasteiger partial charge in [0.2, 0.25) is 0 Å². The van der Waals surface area contributed by atoms with Crippen LogP contribution in [-0.4, -0.2) is 25.8 Å². The first-order chi connectivity index (χ1) is 8.33. The second-order valence-corrected chi connectivity index (χ2v) is 5.02. The van der Waals surface area contributed by atoms with Gasteiger partial charge >= 0.3 is 0 Å². The van der Waals surface area contributed by atoms with Gasteiger partial charge in [0, 0.05) is 7.11 Å². The molecule has 0 bridgehead atoms. The molecular weight excluding hydrogens is 210 g/mol.